The Kier molecular flexibility index (Phi) is 4.75. The maximum Gasteiger partial charge on any atom is 0.338 e. The zero-order chi connectivity index (χ0) is 12.8. The van der Waals surface area contributed by atoms with Gasteiger partial charge in [-0.25, -0.2) is 9.18 Å². The lowest BCUT2D eigenvalue weighted by Crippen LogP contribution is -2.17. The first-order valence-electron chi connectivity index (χ1n) is 5.25. The number of halogens is 1. The Hall–Kier alpha value is -1.78. The van der Waals surface area contributed by atoms with E-state index in [0.29, 0.717) is 23.7 Å². The molecule has 94 valence electrons. The van der Waals surface area contributed by atoms with Crippen LogP contribution in [0.1, 0.15) is 12.5 Å². The van der Waals surface area contributed by atoms with E-state index in [1.165, 1.54) is 7.11 Å². The number of carbonyl (C=O) groups is 1. The smallest absolute Gasteiger partial charge is 0.338 e. The van der Waals surface area contributed by atoms with Crippen molar-refractivity contribution < 1.29 is 23.8 Å². The van der Waals surface area contributed by atoms with Crippen LogP contribution >= 0.6 is 0 Å². The minimum absolute atomic E-state index is 0.237. The quantitative estimate of drug-likeness (QED) is 0.829. The molecule has 0 aliphatic carbocycles. The highest BCUT2D eigenvalue weighted by Crippen LogP contribution is 2.32. The van der Waals surface area contributed by atoms with Gasteiger partial charge in [-0.3, -0.25) is 0 Å². The van der Waals surface area contributed by atoms with Crippen LogP contribution in [-0.4, -0.2) is 31.0 Å². The van der Waals surface area contributed by atoms with Crippen molar-refractivity contribution in [2.24, 2.45) is 0 Å². The highest BCUT2D eigenvalue weighted by molar-refractivity contribution is 5.72. The summed E-state index contributed by atoms with van der Waals surface area (Å²) in [6, 6.07) is 4.99. The molecule has 0 heterocycles. The van der Waals surface area contributed by atoms with Gasteiger partial charge in [0.2, 0.25) is 6.17 Å². The van der Waals surface area contributed by atoms with Crippen molar-refractivity contribution in [1.82, 2.24) is 0 Å². The van der Waals surface area contributed by atoms with Crippen molar-refractivity contribution in [1.29, 1.82) is 0 Å². The van der Waals surface area contributed by atoms with Crippen LogP contribution in [0.4, 0.5) is 4.39 Å². The molecule has 0 amide bonds. The van der Waals surface area contributed by atoms with Gasteiger partial charge in [-0.1, -0.05) is 12.1 Å². The van der Waals surface area contributed by atoms with Crippen molar-refractivity contribution in [3.63, 3.8) is 0 Å². The summed E-state index contributed by atoms with van der Waals surface area (Å²) < 4.78 is 23.6. The van der Waals surface area contributed by atoms with Crippen molar-refractivity contribution in [3.8, 4) is 11.5 Å². The Morgan fingerprint density at radius 2 is 2.24 bits per heavy atom. The van der Waals surface area contributed by atoms with E-state index < -0.39 is 12.1 Å². The summed E-state index contributed by atoms with van der Waals surface area (Å²) in [7, 11) is 1.44. The lowest BCUT2D eigenvalue weighted by atomic mass is 10.1. The van der Waals surface area contributed by atoms with Crippen LogP contribution in [0.3, 0.4) is 0 Å². The SMILES string of the molecule is CCOc1cccc(CC(F)C(=O)O)c1OC. The molecule has 4 nitrogen and oxygen atoms in total. The van der Waals surface area contributed by atoms with E-state index in [-0.39, 0.29) is 6.42 Å². The van der Waals surface area contributed by atoms with Gasteiger partial charge in [0.25, 0.3) is 0 Å². The monoisotopic (exact) mass is 242 g/mol. The molecule has 1 aromatic rings. The molecular weight excluding hydrogens is 227 g/mol. The summed E-state index contributed by atoms with van der Waals surface area (Å²) in [5, 5.41) is 8.53. The molecule has 0 bridgehead atoms. The van der Waals surface area contributed by atoms with Crippen LogP contribution in [0, 0.1) is 0 Å². The lowest BCUT2D eigenvalue weighted by molar-refractivity contribution is -0.142. The second kappa shape index (κ2) is 6.08. The summed E-state index contributed by atoms with van der Waals surface area (Å²) in [6.45, 7) is 2.28. The summed E-state index contributed by atoms with van der Waals surface area (Å²) in [6.07, 6.45) is -2.18. The first kappa shape index (κ1) is 13.3. The third-order valence-corrected chi connectivity index (χ3v) is 2.23. The Morgan fingerprint density at radius 3 is 2.76 bits per heavy atom. The number of hydrogen-bond acceptors (Lipinski definition) is 3. The molecule has 0 fully saturated rings. The number of ether oxygens (including phenoxy) is 2. The van der Waals surface area contributed by atoms with Gasteiger partial charge in [-0.05, 0) is 13.0 Å². The first-order chi connectivity index (χ1) is 8.10. The third-order valence-electron chi connectivity index (χ3n) is 2.23. The summed E-state index contributed by atoms with van der Waals surface area (Å²) in [5.41, 5.74) is 0.480. The number of hydrogen-bond donors (Lipinski definition) is 1. The molecule has 1 atom stereocenters. The van der Waals surface area contributed by atoms with Gasteiger partial charge in [-0.15, -0.1) is 0 Å². The van der Waals surface area contributed by atoms with E-state index in [1.807, 2.05) is 6.92 Å². The molecule has 0 aliphatic heterocycles. The maximum absolute atomic E-state index is 13.1. The molecule has 1 N–H and O–H groups in total. The van der Waals surface area contributed by atoms with E-state index >= 15 is 0 Å². The van der Waals surface area contributed by atoms with E-state index in [0.717, 1.165) is 0 Å². The molecular formula is C12H15FO4. The third kappa shape index (κ3) is 3.34. The lowest BCUT2D eigenvalue weighted by Gasteiger charge is -2.13. The number of aliphatic carboxylic acids is 1. The van der Waals surface area contributed by atoms with Crippen LogP contribution < -0.4 is 9.47 Å². The average molecular weight is 242 g/mol. The molecule has 0 spiro atoms. The molecule has 0 saturated heterocycles. The Labute approximate surface area is 99.0 Å². The fourth-order valence-electron chi connectivity index (χ4n) is 1.50. The fraction of sp³-hybridized carbons (Fsp3) is 0.417. The van der Waals surface area contributed by atoms with Crippen LogP contribution in [0.25, 0.3) is 0 Å². The van der Waals surface area contributed by atoms with Crippen LogP contribution in [0.5, 0.6) is 11.5 Å². The average Bonchev–Trinajstić information content (AvgIpc) is 2.29. The summed E-state index contributed by atoms with van der Waals surface area (Å²) in [4.78, 5) is 10.5. The van der Waals surface area contributed by atoms with E-state index in [4.69, 9.17) is 14.6 Å². The van der Waals surface area contributed by atoms with Gasteiger partial charge in [0.15, 0.2) is 11.5 Å². The fourth-order valence-corrected chi connectivity index (χ4v) is 1.50. The van der Waals surface area contributed by atoms with Gasteiger partial charge in [0.05, 0.1) is 13.7 Å². The second-order valence-corrected chi connectivity index (χ2v) is 3.39. The van der Waals surface area contributed by atoms with E-state index in [9.17, 15) is 9.18 Å². The largest absolute Gasteiger partial charge is 0.493 e. The number of benzene rings is 1. The van der Waals surface area contributed by atoms with Crippen LogP contribution in [-0.2, 0) is 11.2 Å². The predicted molar refractivity (Wildman–Crippen MR) is 60.4 cm³/mol. The predicted octanol–water partition coefficient (Wildman–Crippen LogP) is 2.06. The van der Waals surface area contributed by atoms with Gasteiger partial charge < -0.3 is 14.6 Å². The normalized spacial score (nSPS) is 11.9. The van der Waals surface area contributed by atoms with Gasteiger partial charge >= 0.3 is 5.97 Å². The van der Waals surface area contributed by atoms with Gasteiger partial charge in [0.1, 0.15) is 0 Å². The van der Waals surface area contributed by atoms with Crippen molar-refractivity contribution in [2.45, 2.75) is 19.5 Å². The maximum atomic E-state index is 13.1. The van der Waals surface area contributed by atoms with Gasteiger partial charge in [-0.2, -0.15) is 0 Å². The Balaban J connectivity index is 2.98. The standard InChI is InChI=1S/C12H15FO4/c1-3-17-10-6-4-5-8(11(10)16-2)7-9(13)12(14)15/h4-6,9H,3,7H2,1-2H3,(H,14,15). The molecule has 5 heteroatoms. The minimum Gasteiger partial charge on any atom is -0.493 e. The molecule has 0 aromatic heterocycles. The van der Waals surface area contributed by atoms with Crippen molar-refractivity contribution >= 4 is 5.97 Å². The molecule has 0 radical (unpaired) electrons. The molecule has 0 saturated carbocycles. The number of carboxylic acid groups (broad SMARTS) is 1. The van der Waals surface area contributed by atoms with Crippen LogP contribution in [0.2, 0.25) is 0 Å². The summed E-state index contributed by atoms with van der Waals surface area (Å²) in [5.74, 6) is -0.600. The number of rotatable bonds is 6. The van der Waals surface area contributed by atoms with Crippen molar-refractivity contribution in [2.75, 3.05) is 13.7 Å². The van der Waals surface area contributed by atoms with E-state index in [2.05, 4.69) is 0 Å². The molecule has 1 rings (SSSR count). The van der Waals surface area contributed by atoms with E-state index in [1.54, 1.807) is 18.2 Å². The number of carboxylic acids is 1. The summed E-state index contributed by atoms with van der Waals surface area (Å²) >= 11 is 0. The highest BCUT2D eigenvalue weighted by atomic mass is 19.1. The topological polar surface area (TPSA) is 55.8 Å². The second-order valence-electron chi connectivity index (χ2n) is 3.39. The molecule has 0 aliphatic rings. The number of methoxy groups -OCH3 is 1. The number of para-hydroxylation sites is 1. The molecule has 1 unspecified atom stereocenters. The Bertz CT molecular complexity index is 392. The molecule has 1 aromatic carbocycles. The zero-order valence-electron chi connectivity index (χ0n) is 9.77. The zero-order valence-corrected chi connectivity index (χ0v) is 9.77. The first-order valence-corrected chi connectivity index (χ1v) is 5.25. The molecule has 17 heavy (non-hydrogen) atoms. The minimum atomic E-state index is -1.94. The van der Waals surface area contributed by atoms with Crippen molar-refractivity contribution in [3.05, 3.63) is 23.8 Å². The Morgan fingerprint density at radius 1 is 1.53 bits per heavy atom. The van der Waals surface area contributed by atoms with Crippen LogP contribution in [0.15, 0.2) is 18.2 Å². The van der Waals surface area contributed by atoms with Gasteiger partial charge in [0, 0.05) is 12.0 Å². The highest BCUT2D eigenvalue weighted by Gasteiger charge is 2.20. The number of alkyl halides is 1.